The molecular formula is C14H11NO6. The zero-order valence-corrected chi connectivity index (χ0v) is 11.0. The zero-order chi connectivity index (χ0) is 15.4. The Bertz CT molecular complexity index is 680. The highest BCUT2D eigenvalue weighted by atomic mass is 16.6. The lowest BCUT2D eigenvalue weighted by Crippen LogP contribution is -2.00. The van der Waals surface area contributed by atoms with Crippen LogP contribution in [0.2, 0.25) is 0 Å². The summed E-state index contributed by atoms with van der Waals surface area (Å²) in [7, 11) is 1.45. The van der Waals surface area contributed by atoms with Gasteiger partial charge in [-0.25, -0.2) is 4.79 Å². The maximum absolute atomic E-state index is 11.1. The molecule has 0 aliphatic carbocycles. The maximum Gasteiger partial charge on any atom is 0.339 e. The van der Waals surface area contributed by atoms with E-state index in [0.717, 1.165) is 0 Å². The second-order valence-electron chi connectivity index (χ2n) is 4.02. The zero-order valence-electron chi connectivity index (χ0n) is 11.0. The molecule has 0 heterocycles. The van der Waals surface area contributed by atoms with Crippen molar-refractivity contribution >= 4 is 11.7 Å². The number of non-ortho nitro benzene ring substituents is 1. The molecule has 2 aromatic rings. The Balaban J connectivity index is 2.33. The van der Waals surface area contributed by atoms with Crippen molar-refractivity contribution in [3.63, 3.8) is 0 Å². The number of hydrogen-bond acceptors (Lipinski definition) is 5. The second kappa shape index (κ2) is 5.91. The average molecular weight is 289 g/mol. The fourth-order valence-corrected chi connectivity index (χ4v) is 1.65. The van der Waals surface area contributed by atoms with Gasteiger partial charge in [0, 0.05) is 18.2 Å². The number of carboxylic acids is 1. The normalized spacial score (nSPS) is 9.95. The lowest BCUT2D eigenvalue weighted by Gasteiger charge is -2.10. The quantitative estimate of drug-likeness (QED) is 0.670. The van der Waals surface area contributed by atoms with Crippen LogP contribution < -0.4 is 9.47 Å². The molecule has 108 valence electrons. The number of carboxylic acid groups (broad SMARTS) is 1. The van der Waals surface area contributed by atoms with E-state index in [1.807, 2.05) is 0 Å². The summed E-state index contributed by atoms with van der Waals surface area (Å²) < 4.78 is 10.5. The van der Waals surface area contributed by atoms with Gasteiger partial charge >= 0.3 is 5.97 Å². The van der Waals surface area contributed by atoms with Crippen LogP contribution in [0.1, 0.15) is 10.4 Å². The van der Waals surface area contributed by atoms with Gasteiger partial charge in [-0.2, -0.15) is 0 Å². The van der Waals surface area contributed by atoms with Crippen LogP contribution in [0.3, 0.4) is 0 Å². The molecule has 0 bridgehead atoms. The first-order valence-electron chi connectivity index (χ1n) is 5.85. The van der Waals surface area contributed by atoms with E-state index in [2.05, 4.69) is 0 Å². The maximum atomic E-state index is 11.1. The van der Waals surface area contributed by atoms with Crippen LogP contribution in [0, 0.1) is 10.1 Å². The molecule has 0 spiro atoms. The Morgan fingerprint density at radius 1 is 1.14 bits per heavy atom. The van der Waals surface area contributed by atoms with Crippen LogP contribution >= 0.6 is 0 Å². The molecular weight excluding hydrogens is 278 g/mol. The van der Waals surface area contributed by atoms with Crippen molar-refractivity contribution in [3.8, 4) is 17.2 Å². The number of aromatic carboxylic acids is 1. The van der Waals surface area contributed by atoms with Crippen LogP contribution in [-0.4, -0.2) is 23.1 Å². The van der Waals surface area contributed by atoms with E-state index in [4.69, 9.17) is 14.6 Å². The summed E-state index contributed by atoms with van der Waals surface area (Å²) in [5, 5.41) is 19.7. The summed E-state index contributed by atoms with van der Waals surface area (Å²) in [4.78, 5) is 21.2. The van der Waals surface area contributed by atoms with Crippen molar-refractivity contribution in [2.24, 2.45) is 0 Å². The van der Waals surface area contributed by atoms with Gasteiger partial charge < -0.3 is 14.6 Å². The number of carbonyl (C=O) groups is 1. The van der Waals surface area contributed by atoms with E-state index in [1.165, 1.54) is 49.6 Å². The van der Waals surface area contributed by atoms with Crippen LogP contribution in [0.25, 0.3) is 0 Å². The predicted octanol–water partition coefficient (Wildman–Crippen LogP) is 3.09. The smallest absolute Gasteiger partial charge is 0.339 e. The fourth-order valence-electron chi connectivity index (χ4n) is 1.65. The van der Waals surface area contributed by atoms with E-state index in [0.29, 0.717) is 5.75 Å². The van der Waals surface area contributed by atoms with E-state index >= 15 is 0 Å². The molecule has 0 aliphatic rings. The van der Waals surface area contributed by atoms with Gasteiger partial charge in [0.2, 0.25) is 0 Å². The first-order chi connectivity index (χ1) is 10.0. The first kappa shape index (κ1) is 14.3. The minimum Gasteiger partial charge on any atom is -0.497 e. The summed E-state index contributed by atoms with van der Waals surface area (Å²) in [6, 6.07) is 9.64. The highest BCUT2D eigenvalue weighted by Crippen LogP contribution is 2.30. The minimum absolute atomic E-state index is 0.0332. The molecule has 0 saturated carbocycles. The molecule has 7 nitrogen and oxygen atoms in total. The monoisotopic (exact) mass is 289 g/mol. The van der Waals surface area contributed by atoms with Crippen LogP contribution in [0.4, 0.5) is 5.69 Å². The van der Waals surface area contributed by atoms with Crippen LogP contribution in [-0.2, 0) is 0 Å². The third-order valence-corrected chi connectivity index (χ3v) is 2.69. The number of hydrogen-bond donors (Lipinski definition) is 1. The topological polar surface area (TPSA) is 98.9 Å². The van der Waals surface area contributed by atoms with Crippen LogP contribution in [0.5, 0.6) is 17.2 Å². The Kier molecular flexibility index (Phi) is 4.03. The number of nitrogens with zero attached hydrogens (tertiary/aromatic N) is 1. The SMILES string of the molecule is COc1ccc(C(=O)O)c(Oc2ccc([N+](=O)[O-])cc2)c1. The van der Waals surface area contributed by atoms with Crippen molar-refractivity contribution < 1.29 is 24.3 Å². The van der Waals surface area contributed by atoms with Crippen molar-refractivity contribution in [2.45, 2.75) is 0 Å². The van der Waals surface area contributed by atoms with E-state index in [-0.39, 0.29) is 22.7 Å². The minimum atomic E-state index is -1.14. The fraction of sp³-hybridized carbons (Fsp3) is 0.0714. The summed E-state index contributed by atoms with van der Waals surface area (Å²) in [5.74, 6) is -0.321. The number of nitro benzene ring substituents is 1. The van der Waals surface area contributed by atoms with Gasteiger partial charge in [0.05, 0.1) is 12.0 Å². The van der Waals surface area contributed by atoms with Gasteiger partial charge in [-0.3, -0.25) is 10.1 Å². The molecule has 0 amide bonds. The first-order valence-corrected chi connectivity index (χ1v) is 5.85. The molecule has 0 radical (unpaired) electrons. The average Bonchev–Trinajstić information content (AvgIpc) is 2.47. The van der Waals surface area contributed by atoms with E-state index in [1.54, 1.807) is 0 Å². The molecule has 0 atom stereocenters. The van der Waals surface area contributed by atoms with Crippen molar-refractivity contribution in [1.82, 2.24) is 0 Å². The lowest BCUT2D eigenvalue weighted by atomic mass is 10.2. The molecule has 0 saturated heterocycles. The Morgan fingerprint density at radius 3 is 2.29 bits per heavy atom. The largest absolute Gasteiger partial charge is 0.497 e. The molecule has 7 heteroatoms. The molecule has 1 N–H and O–H groups in total. The Morgan fingerprint density at radius 2 is 1.76 bits per heavy atom. The molecule has 0 fully saturated rings. The number of benzene rings is 2. The second-order valence-corrected chi connectivity index (χ2v) is 4.02. The number of ether oxygens (including phenoxy) is 2. The highest BCUT2D eigenvalue weighted by Gasteiger charge is 2.14. The van der Waals surface area contributed by atoms with Gasteiger partial charge in [0.15, 0.2) is 0 Å². The number of methoxy groups -OCH3 is 1. The van der Waals surface area contributed by atoms with Gasteiger partial charge in [0.1, 0.15) is 22.8 Å². The molecule has 2 aromatic carbocycles. The third-order valence-electron chi connectivity index (χ3n) is 2.69. The van der Waals surface area contributed by atoms with Gasteiger partial charge in [-0.05, 0) is 24.3 Å². The standard InChI is InChI=1S/C14H11NO6/c1-20-11-6-7-12(14(16)17)13(8-11)21-10-4-2-9(3-5-10)15(18)19/h2-8H,1H3,(H,16,17). The van der Waals surface area contributed by atoms with Crippen molar-refractivity contribution in [2.75, 3.05) is 7.11 Å². The molecule has 21 heavy (non-hydrogen) atoms. The summed E-state index contributed by atoms with van der Waals surface area (Å²) in [6.07, 6.45) is 0. The summed E-state index contributed by atoms with van der Waals surface area (Å²) in [5.41, 5.74) is -0.111. The predicted molar refractivity (Wildman–Crippen MR) is 73.1 cm³/mol. The van der Waals surface area contributed by atoms with Gasteiger partial charge in [-0.15, -0.1) is 0 Å². The number of rotatable bonds is 5. The van der Waals surface area contributed by atoms with Gasteiger partial charge in [-0.1, -0.05) is 0 Å². The van der Waals surface area contributed by atoms with Crippen molar-refractivity contribution in [1.29, 1.82) is 0 Å². The summed E-state index contributed by atoms with van der Waals surface area (Å²) in [6.45, 7) is 0. The van der Waals surface area contributed by atoms with E-state index < -0.39 is 10.9 Å². The number of nitro groups is 1. The Labute approximate surface area is 119 Å². The molecule has 0 aliphatic heterocycles. The van der Waals surface area contributed by atoms with E-state index in [9.17, 15) is 14.9 Å². The third kappa shape index (κ3) is 3.27. The Hall–Kier alpha value is -3.09. The molecule has 0 aromatic heterocycles. The van der Waals surface area contributed by atoms with Gasteiger partial charge in [0.25, 0.3) is 5.69 Å². The van der Waals surface area contributed by atoms with Crippen LogP contribution in [0.15, 0.2) is 42.5 Å². The lowest BCUT2D eigenvalue weighted by molar-refractivity contribution is -0.384. The highest BCUT2D eigenvalue weighted by molar-refractivity contribution is 5.91. The summed E-state index contributed by atoms with van der Waals surface area (Å²) >= 11 is 0. The molecule has 2 rings (SSSR count). The van der Waals surface area contributed by atoms with Crippen molar-refractivity contribution in [3.05, 3.63) is 58.1 Å². The molecule has 0 unspecified atom stereocenters.